The molecule has 0 saturated heterocycles. The van der Waals surface area contributed by atoms with E-state index in [1.54, 1.807) is 11.3 Å². The van der Waals surface area contributed by atoms with E-state index in [9.17, 15) is 9.59 Å². The second-order valence-corrected chi connectivity index (χ2v) is 6.42. The quantitative estimate of drug-likeness (QED) is 0.763. The Hall–Kier alpha value is -2.80. The number of benzene rings is 1. The van der Waals surface area contributed by atoms with Crippen molar-refractivity contribution in [3.05, 3.63) is 68.6 Å². The van der Waals surface area contributed by atoms with Gasteiger partial charge in [0, 0.05) is 16.5 Å². The van der Waals surface area contributed by atoms with Gasteiger partial charge in [0.05, 0.1) is 12.2 Å². The number of aryl methyl sites for hydroxylation is 2. The molecule has 0 fully saturated rings. The number of nitrogens with zero attached hydrogens (tertiary/aromatic N) is 2. The first kappa shape index (κ1) is 16.1. The molecule has 1 aromatic carbocycles. The van der Waals surface area contributed by atoms with Gasteiger partial charge in [-0.3, -0.25) is 9.59 Å². The Morgan fingerprint density at radius 3 is 2.71 bits per heavy atom. The van der Waals surface area contributed by atoms with Crippen LogP contribution in [0.5, 0.6) is 0 Å². The fourth-order valence-corrected chi connectivity index (χ4v) is 3.33. The standard InChI is InChI=1S/C17H16N4O2S/c1-10-5-3-4-6-12(10)17-19-11(2)14(24-17)9-18-16(23)13-7-8-15(22)21-20-13/h3-8H,9H2,1-2H3,(H,18,23)(H,21,22). The van der Waals surface area contributed by atoms with Crippen LogP contribution in [0.1, 0.15) is 26.6 Å². The molecule has 0 aliphatic rings. The molecule has 0 saturated carbocycles. The highest BCUT2D eigenvalue weighted by atomic mass is 32.1. The van der Waals surface area contributed by atoms with Crippen molar-refractivity contribution < 1.29 is 4.79 Å². The lowest BCUT2D eigenvalue weighted by Crippen LogP contribution is -2.25. The molecule has 2 heterocycles. The molecule has 122 valence electrons. The number of carbonyl (C=O) groups excluding carboxylic acids is 1. The lowest BCUT2D eigenvalue weighted by Gasteiger charge is -2.03. The van der Waals surface area contributed by atoms with Crippen LogP contribution in [0.25, 0.3) is 10.6 Å². The normalized spacial score (nSPS) is 10.6. The van der Waals surface area contributed by atoms with Crippen LogP contribution < -0.4 is 10.9 Å². The minimum Gasteiger partial charge on any atom is -0.346 e. The van der Waals surface area contributed by atoms with E-state index in [1.807, 2.05) is 25.1 Å². The number of nitrogens with one attached hydrogen (secondary N) is 2. The number of aromatic amines is 1. The number of carbonyl (C=O) groups is 1. The zero-order valence-electron chi connectivity index (χ0n) is 13.3. The van der Waals surface area contributed by atoms with Crippen LogP contribution in [0.2, 0.25) is 0 Å². The fourth-order valence-electron chi connectivity index (χ4n) is 2.24. The smallest absolute Gasteiger partial charge is 0.272 e. The summed E-state index contributed by atoms with van der Waals surface area (Å²) in [5, 5.41) is 9.71. The third-order valence-corrected chi connectivity index (χ3v) is 4.78. The van der Waals surface area contributed by atoms with Crippen LogP contribution in [0.4, 0.5) is 0 Å². The van der Waals surface area contributed by atoms with Crippen LogP contribution in [-0.4, -0.2) is 21.1 Å². The Morgan fingerprint density at radius 2 is 2.00 bits per heavy atom. The first-order chi connectivity index (χ1) is 11.5. The predicted octanol–water partition coefficient (Wildman–Crippen LogP) is 2.44. The molecule has 2 aromatic heterocycles. The van der Waals surface area contributed by atoms with Gasteiger partial charge in [0.15, 0.2) is 0 Å². The number of rotatable bonds is 4. The van der Waals surface area contributed by atoms with Gasteiger partial charge in [0.1, 0.15) is 10.7 Å². The molecule has 3 rings (SSSR count). The van der Waals surface area contributed by atoms with E-state index in [2.05, 4.69) is 33.5 Å². The third kappa shape index (κ3) is 3.41. The maximum atomic E-state index is 12.1. The van der Waals surface area contributed by atoms with Crippen molar-refractivity contribution >= 4 is 17.2 Å². The van der Waals surface area contributed by atoms with E-state index < -0.39 is 0 Å². The summed E-state index contributed by atoms with van der Waals surface area (Å²) in [6.07, 6.45) is 0. The summed E-state index contributed by atoms with van der Waals surface area (Å²) in [4.78, 5) is 28.6. The Bertz CT molecular complexity index is 925. The maximum Gasteiger partial charge on any atom is 0.272 e. The molecular weight excluding hydrogens is 324 g/mol. The molecule has 3 aromatic rings. The Morgan fingerprint density at radius 1 is 1.21 bits per heavy atom. The van der Waals surface area contributed by atoms with Gasteiger partial charge in [-0.1, -0.05) is 24.3 Å². The molecular formula is C17H16N4O2S. The Labute approximate surface area is 142 Å². The summed E-state index contributed by atoms with van der Waals surface area (Å²) in [7, 11) is 0. The molecule has 0 spiro atoms. The first-order valence-electron chi connectivity index (χ1n) is 7.41. The summed E-state index contributed by atoms with van der Waals surface area (Å²) in [6, 6.07) is 10.7. The van der Waals surface area contributed by atoms with Crippen molar-refractivity contribution in [2.24, 2.45) is 0 Å². The molecule has 0 aliphatic carbocycles. The average molecular weight is 340 g/mol. The zero-order chi connectivity index (χ0) is 17.1. The largest absolute Gasteiger partial charge is 0.346 e. The third-order valence-electron chi connectivity index (χ3n) is 3.59. The Kier molecular flexibility index (Phi) is 4.52. The highest BCUT2D eigenvalue weighted by Crippen LogP contribution is 2.29. The summed E-state index contributed by atoms with van der Waals surface area (Å²) in [5.74, 6) is -0.337. The van der Waals surface area contributed by atoms with Crippen LogP contribution >= 0.6 is 11.3 Å². The zero-order valence-corrected chi connectivity index (χ0v) is 14.1. The minimum atomic E-state index is -0.340. The van der Waals surface area contributed by atoms with E-state index in [0.29, 0.717) is 6.54 Å². The van der Waals surface area contributed by atoms with Crippen molar-refractivity contribution in [2.75, 3.05) is 0 Å². The van der Waals surface area contributed by atoms with Crippen molar-refractivity contribution in [2.45, 2.75) is 20.4 Å². The van der Waals surface area contributed by atoms with E-state index in [4.69, 9.17) is 0 Å². The van der Waals surface area contributed by atoms with Gasteiger partial charge in [0.2, 0.25) is 0 Å². The van der Waals surface area contributed by atoms with E-state index in [-0.39, 0.29) is 17.2 Å². The molecule has 0 radical (unpaired) electrons. The van der Waals surface area contributed by atoms with Gasteiger partial charge in [-0.15, -0.1) is 11.3 Å². The highest BCUT2D eigenvalue weighted by molar-refractivity contribution is 7.15. The number of aromatic nitrogens is 3. The summed E-state index contributed by atoms with van der Waals surface area (Å²) < 4.78 is 0. The molecule has 0 unspecified atom stereocenters. The number of hydrogen-bond donors (Lipinski definition) is 2. The molecule has 2 N–H and O–H groups in total. The summed E-state index contributed by atoms with van der Waals surface area (Å²) >= 11 is 1.56. The first-order valence-corrected chi connectivity index (χ1v) is 8.22. The molecule has 24 heavy (non-hydrogen) atoms. The fraction of sp³-hybridized carbons (Fsp3) is 0.176. The SMILES string of the molecule is Cc1ccccc1-c1nc(C)c(CNC(=O)c2ccc(=O)[nH]n2)s1. The molecule has 0 aliphatic heterocycles. The maximum absolute atomic E-state index is 12.1. The predicted molar refractivity (Wildman–Crippen MR) is 93.1 cm³/mol. The van der Waals surface area contributed by atoms with Gasteiger partial charge >= 0.3 is 0 Å². The molecule has 6 nitrogen and oxygen atoms in total. The van der Waals surface area contributed by atoms with Gasteiger partial charge in [-0.2, -0.15) is 5.10 Å². The highest BCUT2D eigenvalue weighted by Gasteiger charge is 2.13. The van der Waals surface area contributed by atoms with Crippen LogP contribution in [0.15, 0.2) is 41.2 Å². The number of hydrogen-bond acceptors (Lipinski definition) is 5. The topological polar surface area (TPSA) is 87.7 Å². The summed E-state index contributed by atoms with van der Waals surface area (Å²) in [6.45, 7) is 4.35. The summed E-state index contributed by atoms with van der Waals surface area (Å²) in [5.41, 5.74) is 3.00. The molecule has 0 atom stereocenters. The van der Waals surface area contributed by atoms with Crippen LogP contribution in [-0.2, 0) is 6.54 Å². The molecule has 7 heteroatoms. The molecule has 0 bridgehead atoms. The van der Waals surface area contributed by atoms with Gasteiger partial charge < -0.3 is 5.32 Å². The van der Waals surface area contributed by atoms with Crippen molar-refractivity contribution in [3.8, 4) is 10.6 Å². The minimum absolute atomic E-state index is 0.177. The van der Waals surface area contributed by atoms with Gasteiger partial charge in [-0.25, -0.2) is 10.1 Å². The number of amides is 1. The monoisotopic (exact) mass is 340 g/mol. The number of thiazole rings is 1. The number of H-pyrrole nitrogens is 1. The van der Waals surface area contributed by atoms with Crippen molar-refractivity contribution in [1.29, 1.82) is 0 Å². The van der Waals surface area contributed by atoms with Crippen molar-refractivity contribution in [3.63, 3.8) is 0 Å². The van der Waals surface area contributed by atoms with Crippen LogP contribution in [0.3, 0.4) is 0 Å². The van der Waals surface area contributed by atoms with Crippen molar-refractivity contribution in [1.82, 2.24) is 20.5 Å². The lowest BCUT2D eigenvalue weighted by atomic mass is 10.1. The average Bonchev–Trinajstić information content (AvgIpc) is 2.94. The van der Waals surface area contributed by atoms with E-state index in [0.717, 1.165) is 21.1 Å². The van der Waals surface area contributed by atoms with Gasteiger partial charge in [0.25, 0.3) is 11.5 Å². The second-order valence-electron chi connectivity index (χ2n) is 5.33. The van der Waals surface area contributed by atoms with Gasteiger partial charge in [-0.05, 0) is 25.5 Å². The lowest BCUT2D eigenvalue weighted by molar-refractivity contribution is 0.0945. The van der Waals surface area contributed by atoms with Crippen LogP contribution in [0, 0.1) is 13.8 Å². The second kappa shape index (κ2) is 6.76. The van der Waals surface area contributed by atoms with E-state index in [1.165, 1.54) is 17.7 Å². The molecule has 1 amide bonds. The van der Waals surface area contributed by atoms with E-state index >= 15 is 0 Å². The Balaban J connectivity index is 1.74.